The molecule has 0 unspecified atom stereocenters. The first kappa shape index (κ1) is 28.7. The van der Waals surface area contributed by atoms with Crippen molar-refractivity contribution in [3.8, 4) is 11.8 Å². The molecule has 4 aliphatic rings. The zero-order valence-corrected chi connectivity index (χ0v) is 24.9. The van der Waals surface area contributed by atoms with E-state index in [-0.39, 0.29) is 12.5 Å². The van der Waals surface area contributed by atoms with Crippen LogP contribution in [0.15, 0.2) is 36.5 Å². The number of carbonyl (C=O) groups is 1. The number of anilines is 4. The van der Waals surface area contributed by atoms with Crippen LogP contribution in [0.5, 0.6) is 11.8 Å². The molecule has 0 bridgehead atoms. The third-order valence-electron chi connectivity index (χ3n) is 9.40. The van der Waals surface area contributed by atoms with Crippen molar-refractivity contribution >= 4 is 28.8 Å². The highest BCUT2D eigenvalue weighted by Gasteiger charge is 2.57. The summed E-state index contributed by atoms with van der Waals surface area (Å²) >= 11 is 0. The molecule has 10 nitrogen and oxygen atoms in total. The second kappa shape index (κ2) is 11.5. The number of halogens is 2. The van der Waals surface area contributed by atoms with Crippen LogP contribution in [-0.4, -0.2) is 80.4 Å². The predicted octanol–water partition coefficient (Wildman–Crippen LogP) is 4.40. The van der Waals surface area contributed by atoms with E-state index < -0.39 is 34.5 Å². The van der Waals surface area contributed by atoms with Gasteiger partial charge in [-0.25, -0.2) is 4.98 Å². The second-order valence-electron chi connectivity index (χ2n) is 11.8. The van der Waals surface area contributed by atoms with Gasteiger partial charge in [0.2, 0.25) is 17.5 Å². The molecule has 1 aromatic carbocycles. The van der Waals surface area contributed by atoms with Gasteiger partial charge in [0.15, 0.2) is 0 Å². The molecule has 1 saturated carbocycles. The Morgan fingerprint density at radius 2 is 1.70 bits per heavy atom. The van der Waals surface area contributed by atoms with Crippen LogP contribution in [0.1, 0.15) is 36.8 Å². The first-order chi connectivity index (χ1) is 21.4. The number of nitrogens with zero attached hydrogens (tertiary/aromatic N) is 5. The minimum Gasteiger partial charge on any atom is -0.479 e. The van der Waals surface area contributed by atoms with Crippen molar-refractivity contribution in [2.75, 3.05) is 68.7 Å². The number of morpholine rings is 1. The van der Waals surface area contributed by atoms with Crippen molar-refractivity contribution in [2.45, 2.75) is 43.7 Å². The summed E-state index contributed by atoms with van der Waals surface area (Å²) in [5.74, 6) is -2.72. The Kier molecular flexibility index (Phi) is 7.49. The lowest BCUT2D eigenvalue weighted by Crippen LogP contribution is -2.49. The fourth-order valence-electron chi connectivity index (χ4n) is 6.88. The topological polar surface area (TPSA) is 92.3 Å². The number of rotatable bonds is 7. The van der Waals surface area contributed by atoms with Gasteiger partial charge < -0.3 is 29.3 Å². The minimum absolute atomic E-state index is 0.0384. The van der Waals surface area contributed by atoms with E-state index >= 15 is 8.78 Å². The number of nitrogens with one attached hydrogen (secondary N) is 1. The SMILES string of the molecule is COc1nc(OC)c(F)c(N2Cc3cnc(Nc4cccc(N5CCC(N6CCOCC6)CC5)c4)cc3C3(CC3)C2=O)c1F. The monoisotopic (exact) mass is 606 g/mol. The summed E-state index contributed by atoms with van der Waals surface area (Å²) in [6.07, 6.45) is 5.10. The van der Waals surface area contributed by atoms with E-state index in [4.69, 9.17) is 14.2 Å². The van der Waals surface area contributed by atoms with E-state index in [9.17, 15) is 4.79 Å². The van der Waals surface area contributed by atoms with Crippen LogP contribution in [0.2, 0.25) is 0 Å². The Bertz CT molecular complexity index is 1540. The zero-order valence-electron chi connectivity index (χ0n) is 24.9. The number of amides is 1. The highest BCUT2D eigenvalue weighted by Crippen LogP contribution is 2.55. The van der Waals surface area contributed by atoms with Crippen LogP contribution in [0.25, 0.3) is 0 Å². The quantitative estimate of drug-likeness (QED) is 0.420. The second-order valence-corrected chi connectivity index (χ2v) is 11.8. The number of hydrogen-bond donors (Lipinski definition) is 1. The van der Waals surface area contributed by atoms with Crippen molar-refractivity contribution < 1.29 is 27.8 Å². The van der Waals surface area contributed by atoms with Crippen LogP contribution in [0.3, 0.4) is 0 Å². The summed E-state index contributed by atoms with van der Waals surface area (Å²) in [7, 11) is 2.45. The molecule has 3 fully saturated rings. The fraction of sp³-hybridized carbons (Fsp3) is 0.469. The van der Waals surface area contributed by atoms with Crippen molar-refractivity contribution in [3.05, 3.63) is 59.3 Å². The summed E-state index contributed by atoms with van der Waals surface area (Å²) in [4.78, 5) is 28.3. The standard InChI is InChI=1S/C32H36F2N6O4/c1-42-29-26(33)28(27(34)30(37-29)43-2)40-19-20-18-35-25(17-24(20)32(8-9-32)31(40)41)36-21-4-3-5-23(16-21)38-10-6-22(7-11-38)39-12-14-44-15-13-39/h3-5,16-18,22H,6-15,19H2,1-2H3,(H,35,36). The van der Waals surface area contributed by atoms with Crippen molar-refractivity contribution in [1.82, 2.24) is 14.9 Å². The third kappa shape index (κ3) is 4.99. The Labute approximate surface area is 254 Å². The van der Waals surface area contributed by atoms with E-state index in [1.165, 1.54) is 14.2 Å². The van der Waals surface area contributed by atoms with E-state index in [2.05, 4.69) is 37.2 Å². The molecule has 2 aromatic heterocycles. The largest absolute Gasteiger partial charge is 0.479 e. The Hall–Kier alpha value is -4.03. The van der Waals surface area contributed by atoms with Crippen molar-refractivity contribution in [2.24, 2.45) is 0 Å². The highest BCUT2D eigenvalue weighted by atomic mass is 19.1. The third-order valence-corrected chi connectivity index (χ3v) is 9.40. The fourth-order valence-corrected chi connectivity index (χ4v) is 6.88. The number of hydrogen-bond acceptors (Lipinski definition) is 9. The van der Waals surface area contributed by atoms with Gasteiger partial charge in [0.05, 0.1) is 39.4 Å². The van der Waals surface area contributed by atoms with Crippen LogP contribution in [0.4, 0.5) is 31.7 Å². The Balaban J connectivity index is 1.10. The smallest absolute Gasteiger partial charge is 0.255 e. The molecule has 3 aromatic rings. The maximum absolute atomic E-state index is 15.3. The van der Waals surface area contributed by atoms with Crippen LogP contribution >= 0.6 is 0 Å². The number of pyridine rings is 2. The summed E-state index contributed by atoms with van der Waals surface area (Å²) in [6, 6.07) is 10.8. The maximum atomic E-state index is 15.3. The number of aromatic nitrogens is 2. The van der Waals surface area contributed by atoms with Crippen LogP contribution < -0.4 is 24.6 Å². The van der Waals surface area contributed by atoms with Crippen molar-refractivity contribution in [1.29, 1.82) is 0 Å². The van der Waals surface area contributed by atoms with Gasteiger partial charge in [-0.15, -0.1) is 0 Å². The van der Waals surface area contributed by atoms with E-state index in [1.807, 2.05) is 18.2 Å². The normalized spacial score (nSPS) is 20.0. The van der Waals surface area contributed by atoms with Gasteiger partial charge in [0.25, 0.3) is 11.8 Å². The zero-order chi connectivity index (χ0) is 30.4. The summed E-state index contributed by atoms with van der Waals surface area (Å²) < 4.78 is 46.2. The van der Waals surface area contributed by atoms with E-state index in [1.54, 1.807) is 6.20 Å². The molecule has 2 saturated heterocycles. The predicted molar refractivity (Wildman–Crippen MR) is 161 cm³/mol. The van der Waals surface area contributed by atoms with Crippen LogP contribution in [0, 0.1) is 11.6 Å². The summed E-state index contributed by atoms with van der Waals surface area (Å²) in [5, 5.41) is 3.42. The molecular weight excluding hydrogens is 570 g/mol. The average Bonchev–Trinajstić information content (AvgIpc) is 3.86. The van der Waals surface area contributed by atoms with Gasteiger partial charge in [0.1, 0.15) is 11.5 Å². The molecule has 0 atom stereocenters. The first-order valence-corrected chi connectivity index (χ1v) is 15.1. The maximum Gasteiger partial charge on any atom is 0.255 e. The average molecular weight is 607 g/mol. The van der Waals surface area contributed by atoms with Gasteiger partial charge in [-0.2, -0.15) is 13.8 Å². The Morgan fingerprint density at radius 1 is 1.00 bits per heavy atom. The number of carbonyl (C=O) groups excluding carboxylic acids is 1. The van der Waals surface area contributed by atoms with E-state index in [0.717, 1.165) is 79.6 Å². The highest BCUT2D eigenvalue weighted by molar-refractivity contribution is 6.05. The summed E-state index contributed by atoms with van der Waals surface area (Å²) in [5.41, 5.74) is 2.25. The molecule has 232 valence electrons. The van der Waals surface area contributed by atoms with E-state index in [0.29, 0.717) is 24.7 Å². The minimum atomic E-state index is -1.05. The summed E-state index contributed by atoms with van der Waals surface area (Å²) in [6.45, 7) is 5.64. The number of ether oxygens (including phenoxy) is 3. The molecule has 44 heavy (non-hydrogen) atoms. The molecule has 3 aliphatic heterocycles. The molecule has 0 radical (unpaired) electrons. The molecule has 5 heterocycles. The van der Waals surface area contributed by atoms with Gasteiger partial charge in [0, 0.05) is 49.8 Å². The molecular formula is C32H36F2N6O4. The van der Waals surface area contributed by atoms with Crippen LogP contribution in [-0.2, 0) is 21.5 Å². The van der Waals surface area contributed by atoms with Gasteiger partial charge >= 0.3 is 0 Å². The van der Waals surface area contributed by atoms with Crippen molar-refractivity contribution in [3.63, 3.8) is 0 Å². The molecule has 7 rings (SSSR count). The number of methoxy groups -OCH3 is 2. The molecule has 1 N–H and O–H groups in total. The molecule has 12 heteroatoms. The molecule has 1 amide bonds. The van der Waals surface area contributed by atoms with Gasteiger partial charge in [-0.1, -0.05) is 6.07 Å². The lowest BCUT2D eigenvalue weighted by molar-refractivity contribution is -0.121. The number of fused-ring (bicyclic) bond motifs is 2. The first-order valence-electron chi connectivity index (χ1n) is 15.1. The Morgan fingerprint density at radius 3 is 2.36 bits per heavy atom. The molecule has 1 spiro atoms. The number of piperidine rings is 1. The lowest BCUT2D eigenvalue weighted by Gasteiger charge is -2.40. The van der Waals surface area contributed by atoms with Gasteiger partial charge in [-0.05, 0) is 61.1 Å². The lowest BCUT2D eigenvalue weighted by atomic mass is 9.86. The van der Waals surface area contributed by atoms with Gasteiger partial charge in [-0.3, -0.25) is 9.69 Å². The number of benzene rings is 1. The molecule has 1 aliphatic carbocycles.